The summed E-state index contributed by atoms with van der Waals surface area (Å²) in [6.45, 7) is 0.0121. The van der Waals surface area contributed by atoms with Crippen LogP contribution in [-0.2, 0) is 4.79 Å². The first kappa shape index (κ1) is 17.1. The number of aliphatic hydroxyl groups excluding tert-OH is 2. The van der Waals surface area contributed by atoms with Gasteiger partial charge in [-0.15, -0.1) is 0 Å². The number of piperidine rings is 1. The molecule has 0 spiro atoms. The van der Waals surface area contributed by atoms with Crippen LogP contribution in [0.15, 0.2) is 24.3 Å². The molecule has 24 heavy (non-hydrogen) atoms. The van der Waals surface area contributed by atoms with E-state index in [-0.39, 0.29) is 28.1 Å². The Labute approximate surface area is 141 Å². The SMILES string of the molecule is Nc1ccc(C(=O)[N+]2(C(O)CO)CCC[C@H]3CC(=O)CC[C@@H]32)cc1. The van der Waals surface area contributed by atoms with Gasteiger partial charge in [-0.2, -0.15) is 0 Å². The number of hydrogen-bond acceptors (Lipinski definition) is 5. The number of nitrogens with two attached hydrogens (primary N) is 1. The highest BCUT2D eigenvalue weighted by molar-refractivity contribution is 5.90. The summed E-state index contributed by atoms with van der Waals surface area (Å²) in [6, 6.07) is 6.55. The predicted molar refractivity (Wildman–Crippen MR) is 88.8 cm³/mol. The second-order valence-electron chi connectivity index (χ2n) is 7.00. The summed E-state index contributed by atoms with van der Waals surface area (Å²) < 4.78 is -0.168. The molecule has 3 rings (SSSR count). The predicted octanol–water partition coefficient (Wildman–Crippen LogP) is 1.07. The minimum Gasteiger partial charge on any atom is -0.399 e. The van der Waals surface area contributed by atoms with Crippen LogP contribution in [0.1, 0.15) is 42.5 Å². The number of fused-ring (bicyclic) bond motifs is 1. The van der Waals surface area contributed by atoms with E-state index < -0.39 is 12.8 Å². The van der Waals surface area contributed by atoms with Crippen LogP contribution >= 0.6 is 0 Å². The lowest BCUT2D eigenvalue weighted by Gasteiger charge is -2.51. The highest BCUT2D eigenvalue weighted by Crippen LogP contribution is 2.41. The number of anilines is 1. The number of Topliss-reactive ketones (excluding diaryl/α,β-unsaturated/α-hetero) is 1. The molecule has 130 valence electrons. The largest absolute Gasteiger partial charge is 0.399 e. The van der Waals surface area contributed by atoms with Crippen LogP contribution in [0.5, 0.6) is 0 Å². The molecule has 1 heterocycles. The average molecular weight is 333 g/mol. The average Bonchev–Trinajstić information content (AvgIpc) is 2.60. The van der Waals surface area contributed by atoms with Crippen LogP contribution in [0.25, 0.3) is 0 Å². The number of benzene rings is 1. The van der Waals surface area contributed by atoms with Crippen LogP contribution in [0.2, 0.25) is 0 Å². The molecule has 1 amide bonds. The Morgan fingerprint density at radius 2 is 2.00 bits per heavy atom. The van der Waals surface area contributed by atoms with E-state index in [9.17, 15) is 19.8 Å². The van der Waals surface area contributed by atoms with Gasteiger partial charge in [0, 0.05) is 30.9 Å². The van der Waals surface area contributed by atoms with Crippen molar-refractivity contribution in [3.8, 4) is 0 Å². The highest BCUT2D eigenvalue weighted by Gasteiger charge is 2.55. The molecule has 2 fully saturated rings. The number of carbonyl (C=O) groups is 2. The van der Waals surface area contributed by atoms with E-state index in [1.165, 1.54) is 0 Å². The number of hydrogen-bond donors (Lipinski definition) is 3. The van der Waals surface area contributed by atoms with E-state index >= 15 is 0 Å². The Kier molecular flexibility index (Phi) is 4.71. The molecule has 4 N–H and O–H groups in total. The number of likely N-dealkylation sites (tertiary alicyclic amines) is 1. The molecule has 0 radical (unpaired) electrons. The van der Waals surface area contributed by atoms with E-state index in [4.69, 9.17) is 5.73 Å². The summed E-state index contributed by atoms with van der Waals surface area (Å²) in [5.41, 5.74) is 6.75. The number of quaternary nitrogens is 1. The van der Waals surface area contributed by atoms with E-state index in [2.05, 4.69) is 0 Å². The van der Waals surface area contributed by atoms with Crippen molar-refractivity contribution in [2.24, 2.45) is 5.92 Å². The zero-order valence-electron chi connectivity index (χ0n) is 13.7. The van der Waals surface area contributed by atoms with Gasteiger partial charge in [-0.1, -0.05) is 0 Å². The van der Waals surface area contributed by atoms with Gasteiger partial charge < -0.3 is 15.9 Å². The number of ketones is 1. The zero-order chi connectivity index (χ0) is 17.3. The topological polar surface area (TPSA) is 101 Å². The van der Waals surface area contributed by atoms with Crippen molar-refractivity contribution in [2.45, 2.75) is 44.4 Å². The number of aliphatic hydroxyl groups is 2. The maximum atomic E-state index is 13.3. The summed E-state index contributed by atoms with van der Waals surface area (Å²) in [4.78, 5) is 25.2. The molecule has 1 aromatic rings. The number of nitrogens with zero attached hydrogens (tertiary/aromatic N) is 1. The van der Waals surface area contributed by atoms with E-state index in [0.717, 1.165) is 12.8 Å². The summed E-state index contributed by atoms with van der Waals surface area (Å²) in [7, 11) is 0. The first-order chi connectivity index (χ1) is 11.5. The van der Waals surface area contributed by atoms with Gasteiger partial charge in [0.15, 0.2) is 0 Å². The molecule has 6 nitrogen and oxygen atoms in total. The van der Waals surface area contributed by atoms with E-state index in [0.29, 0.717) is 37.1 Å². The van der Waals surface area contributed by atoms with Gasteiger partial charge in [0.05, 0.1) is 12.1 Å². The van der Waals surface area contributed by atoms with Gasteiger partial charge in [0.2, 0.25) is 6.23 Å². The molecule has 0 aromatic heterocycles. The minimum absolute atomic E-state index is 0.0962. The Hall–Kier alpha value is -1.76. The quantitative estimate of drug-likeness (QED) is 0.567. The normalized spacial score (nSPS) is 31.3. The Balaban J connectivity index is 2.02. The fraction of sp³-hybridized carbons (Fsp3) is 0.556. The van der Waals surface area contributed by atoms with Gasteiger partial charge in [-0.3, -0.25) is 4.79 Å². The van der Waals surface area contributed by atoms with Crippen molar-refractivity contribution in [1.29, 1.82) is 0 Å². The molecule has 2 aliphatic rings. The monoisotopic (exact) mass is 333 g/mol. The molecule has 1 aromatic carbocycles. The molecule has 1 saturated heterocycles. The minimum atomic E-state index is -1.17. The van der Waals surface area contributed by atoms with Crippen LogP contribution in [0.4, 0.5) is 5.69 Å². The molecular formula is C18H25N2O4+. The first-order valence-corrected chi connectivity index (χ1v) is 8.57. The van der Waals surface area contributed by atoms with E-state index in [1.54, 1.807) is 24.3 Å². The molecule has 2 unspecified atom stereocenters. The summed E-state index contributed by atoms with van der Waals surface area (Å²) >= 11 is 0. The molecular weight excluding hydrogens is 308 g/mol. The second-order valence-corrected chi connectivity index (χ2v) is 7.00. The third kappa shape index (κ3) is 2.75. The van der Waals surface area contributed by atoms with Crippen LogP contribution < -0.4 is 5.73 Å². The van der Waals surface area contributed by atoms with Crippen LogP contribution in [0.3, 0.4) is 0 Å². The van der Waals surface area contributed by atoms with Crippen LogP contribution in [0, 0.1) is 5.92 Å². The highest BCUT2D eigenvalue weighted by atomic mass is 16.3. The molecule has 1 aliphatic carbocycles. The van der Waals surface area contributed by atoms with Gasteiger partial charge >= 0.3 is 5.91 Å². The zero-order valence-corrected chi connectivity index (χ0v) is 13.7. The van der Waals surface area contributed by atoms with Crippen molar-refractivity contribution in [2.75, 3.05) is 18.9 Å². The van der Waals surface area contributed by atoms with Crippen molar-refractivity contribution in [3.63, 3.8) is 0 Å². The maximum absolute atomic E-state index is 13.3. The summed E-state index contributed by atoms with van der Waals surface area (Å²) in [5, 5.41) is 20.2. The van der Waals surface area contributed by atoms with Gasteiger partial charge in [0.25, 0.3) is 0 Å². The standard InChI is InChI=1S/C18H24N2O4/c19-14-5-3-12(4-6-14)18(24)20(17(23)11-21)9-1-2-13-10-15(22)7-8-16(13)20/h3-6,13,16-17,21,23H,1-2,7-11H2,(H-,19,24)/p+1/t13-,16-,17?,20?/m0/s1. The number of rotatable bonds is 3. The smallest absolute Gasteiger partial charge is 0.348 e. The Morgan fingerprint density at radius 3 is 2.67 bits per heavy atom. The van der Waals surface area contributed by atoms with Crippen molar-refractivity contribution in [1.82, 2.24) is 0 Å². The molecule has 1 aliphatic heterocycles. The van der Waals surface area contributed by atoms with Gasteiger partial charge in [-0.05, 0) is 37.1 Å². The molecule has 6 heteroatoms. The molecule has 0 bridgehead atoms. The van der Waals surface area contributed by atoms with Gasteiger partial charge in [-0.25, -0.2) is 9.28 Å². The number of nitrogen functional groups attached to an aromatic ring is 1. The van der Waals surface area contributed by atoms with Crippen molar-refractivity contribution in [3.05, 3.63) is 29.8 Å². The lowest BCUT2D eigenvalue weighted by molar-refractivity contribution is -0.930. The van der Waals surface area contributed by atoms with Crippen LogP contribution in [-0.4, -0.2) is 51.8 Å². The summed E-state index contributed by atoms with van der Waals surface area (Å²) in [5.74, 6) is 0.134. The fourth-order valence-electron chi connectivity index (χ4n) is 4.53. The van der Waals surface area contributed by atoms with E-state index in [1.807, 2.05) is 0 Å². The summed E-state index contributed by atoms with van der Waals surface area (Å²) in [6.07, 6.45) is 1.97. The lowest BCUT2D eigenvalue weighted by Crippen LogP contribution is -2.70. The second kappa shape index (κ2) is 6.63. The molecule has 1 saturated carbocycles. The van der Waals surface area contributed by atoms with Crippen molar-refractivity contribution >= 4 is 17.4 Å². The first-order valence-electron chi connectivity index (χ1n) is 8.57. The Bertz CT molecular complexity index is 630. The Morgan fingerprint density at radius 1 is 1.29 bits per heavy atom. The fourth-order valence-corrected chi connectivity index (χ4v) is 4.53. The maximum Gasteiger partial charge on any atom is 0.348 e. The van der Waals surface area contributed by atoms with Gasteiger partial charge in [0.1, 0.15) is 18.4 Å². The molecule has 4 atom stereocenters. The van der Waals surface area contributed by atoms with Crippen molar-refractivity contribution < 1.29 is 24.3 Å². The third-order valence-electron chi connectivity index (χ3n) is 5.68. The number of amides is 1. The lowest BCUT2D eigenvalue weighted by atomic mass is 9.75. The third-order valence-corrected chi connectivity index (χ3v) is 5.68. The number of carbonyl (C=O) groups excluding carboxylic acids is 2.